The highest BCUT2D eigenvalue weighted by atomic mass is 16.5. The number of hydrogen-bond acceptors (Lipinski definition) is 4. The number of hydrogen-bond donors (Lipinski definition) is 2. The van der Waals surface area contributed by atoms with Crippen LogP contribution in [0.3, 0.4) is 0 Å². The third-order valence-corrected chi connectivity index (χ3v) is 4.31. The molecule has 2 N–H and O–H groups in total. The quantitative estimate of drug-likeness (QED) is 0.766. The Balaban J connectivity index is 1.41. The van der Waals surface area contributed by atoms with Crippen molar-refractivity contribution in [2.75, 3.05) is 25.1 Å². The van der Waals surface area contributed by atoms with Gasteiger partial charge in [0.1, 0.15) is 11.3 Å². The molecule has 1 atom stereocenters. The molecule has 5 nitrogen and oxygen atoms in total. The largest absolute Gasteiger partial charge is 0.456 e. The van der Waals surface area contributed by atoms with Crippen LogP contribution in [0.2, 0.25) is 0 Å². The van der Waals surface area contributed by atoms with E-state index in [1.807, 2.05) is 54.6 Å². The van der Waals surface area contributed by atoms with E-state index in [0.717, 1.165) is 34.5 Å². The van der Waals surface area contributed by atoms with E-state index in [2.05, 4.69) is 10.6 Å². The lowest BCUT2D eigenvalue weighted by Crippen LogP contribution is -2.43. The third-order valence-electron chi connectivity index (χ3n) is 4.31. The van der Waals surface area contributed by atoms with Crippen molar-refractivity contribution in [3.63, 3.8) is 0 Å². The molecule has 1 saturated heterocycles. The molecule has 1 fully saturated rings. The molecule has 0 radical (unpaired) electrons. The van der Waals surface area contributed by atoms with E-state index in [1.54, 1.807) is 0 Å². The van der Waals surface area contributed by atoms with Crippen LogP contribution in [0.4, 0.5) is 5.69 Å². The first-order valence-electron chi connectivity index (χ1n) is 8.48. The van der Waals surface area contributed by atoms with Crippen LogP contribution in [-0.2, 0) is 9.53 Å². The molecule has 1 aromatic heterocycles. The van der Waals surface area contributed by atoms with E-state index in [-0.39, 0.29) is 11.9 Å². The van der Waals surface area contributed by atoms with Crippen LogP contribution in [0.25, 0.3) is 22.3 Å². The molecule has 2 aromatic carbocycles. The lowest BCUT2D eigenvalue weighted by Gasteiger charge is -2.23. The van der Waals surface area contributed by atoms with Gasteiger partial charge in [-0.15, -0.1) is 0 Å². The zero-order valence-corrected chi connectivity index (χ0v) is 13.8. The van der Waals surface area contributed by atoms with Crippen molar-refractivity contribution < 1.29 is 13.9 Å². The van der Waals surface area contributed by atoms with Crippen LogP contribution >= 0.6 is 0 Å². The van der Waals surface area contributed by atoms with Crippen molar-refractivity contribution in [2.24, 2.45) is 0 Å². The van der Waals surface area contributed by atoms with Gasteiger partial charge < -0.3 is 19.8 Å². The predicted octanol–water partition coefficient (Wildman–Crippen LogP) is 3.42. The number of furan rings is 1. The second-order valence-corrected chi connectivity index (χ2v) is 6.20. The summed E-state index contributed by atoms with van der Waals surface area (Å²) in [6.45, 7) is 2.09. The number of carbonyl (C=O) groups is 1. The van der Waals surface area contributed by atoms with Crippen molar-refractivity contribution in [1.82, 2.24) is 5.32 Å². The van der Waals surface area contributed by atoms with E-state index >= 15 is 0 Å². The van der Waals surface area contributed by atoms with E-state index in [1.165, 1.54) is 0 Å². The monoisotopic (exact) mass is 336 g/mol. The van der Waals surface area contributed by atoms with Gasteiger partial charge in [-0.05, 0) is 36.4 Å². The van der Waals surface area contributed by atoms with Gasteiger partial charge in [0.25, 0.3) is 0 Å². The first-order chi connectivity index (χ1) is 12.3. The van der Waals surface area contributed by atoms with Gasteiger partial charge in [-0.3, -0.25) is 4.79 Å². The summed E-state index contributed by atoms with van der Waals surface area (Å²) in [5, 5.41) is 7.29. The summed E-state index contributed by atoms with van der Waals surface area (Å²) in [5.74, 6) is 0.808. The number of morpholine rings is 1. The van der Waals surface area contributed by atoms with Crippen LogP contribution in [0.5, 0.6) is 0 Å². The summed E-state index contributed by atoms with van der Waals surface area (Å²) in [6.07, 6.45) is 0.408. The number of ether oxygens (including phenoxy) is 1. The molecule has 2 heterocycles. The maximum Gasteiger partial charge on any atom is 0.226 e. The SMILES string of the molecule is O=C(CC1COCCN1)Nc1ccc(-c2cc3ccccc3o2)cc1. The Morgan fingerprint density at radius 3 is 2.76 bits per heavy atom. The number of fused-ring (bicyclic) bond motifs is 1. The lowest BCUT2D eigenvalue weighted by molar-refractivity contribution is -0.117. The molecule has 1 unspecified atom stereocenters. The Labute approximate surface area is 146 Å². The average Bonchev–Trinajstić information content (AvgIpc) is 3.07. The summed E-state index contributed by atoms with van der Waals surface area (Å²) >= 11 is 0. The zero-order chi connectivity index (χ0) is 17.1. The normalized spacial score (nSPS) is 17.5. The summed E-state index contributed by atoms with van der Waals surface area (Å²) in [6, 6.07) is 17.7. The molecule has 1 aliphatic heterocycles. The smallest absolute Gasteiger partial charge is 0.226 e. The Morgan fingerprint density at radius 2 is 2.00 bits per heavy atom. The Morgan fingerprint density at radius 1 is 1.16 bits per heavy atom. The second kappa shape index (κ2) is 7.09. The van der Waals surface area contributed by atoms with Gasteiger partial charge in [-0.2, -0.15) is 0 Å². The molecule has 0 saturated carbocycles. The number of nitrogens with one attached hydrogen (secondary N) is 2. The van der Waals surface area contributed by atoms with Crippen LogP contribution in [0, 0.1) is 0 Å². The molecule has 0 aliphatic carbocycles. The number of amides is 1. The molecule has 0 spiro atoms. The Kier molecular flexibility index (Phi) is 4.50. The zero-order valence-electron chi connectivity index (χ0n) is 13.8. The van der Waals surface area contributed by atoms with Crippen LogP contribution < -0.4 is 10.6 Å². The number of benzene rings is 2. The minimum Gasteiger partial charge on any atom is -0.456 e. The molecule has 128 valence electrons. The van der Waals surface area contributed by atoms with Crippen molar-refractivity contribution in [1.29, 1.82) is 0 Å². The third kappa shape index (κ3) is 3.73. The van der Waals surface area contributed by atoms with E-state index < -0.39 is 0 Å². The standard InChI is InChI=1S/C20H20N2O3/c23-20(12-17-13-24-10-9-21-17)22-16-7-5-14(6-8-16)19-11-15-3-1-2-4-18(15)25-19/h1-8,11,17,21H,9-10,12-13H2,(H,22,23). The summed E-state index contributed by atoms with van der Waals surface area (Å²) in [7, 11) is 0. The predicted molar refractivity (Wildman–Crippen MR) is 97.5 cm³/mol. The van der Waals surface area contributed by atoms with Gasteiger partial charge in [0, 0.05) is 35.6 Å². The number of rotatable bonds is 4. The van der Waals surface area contributed by atoms with E-state index in [0.29, 0.717) is 19.6 Å². The van der Waals surface area contributed by atoms with Gasteiger partial charge in [-0.25, -0.2) is 0 Å². The Bertz CT molecular complexity index is 831. The van der Waals surface area contributed by atoms with Crippen molar-refractivity contribution in [2.45, 2.75) is 12.5 Å². The molecule has 1 amide bonds. The summed E-state index contributed by atoms with van der Waals surface area (Å²) in [4.78, 5) is 12.1. The Hall–Kier alpha value is -2.63. The highest BCUT2D eigenvalue weighted by Crippen LogP contribution is 2.28. The van der Waals surface area contributed by atoms with Crippen molar-refractivity contribution in [3.05, 3.63) is 54.6 Å². The number of carbonyl (C=O) groups excluding carboxylic acids is 1. The molecule has 0 bridgehead atoms. The van der Waals surface area contributed by atoms with Crippen molar-refractivity contribution in [3.8, 4) is 11.3 Å². The highest BCUT2D eigenvalue weighted by Gasteiger charge is 2.17. The molecular weight excluding hydrogens is 316 g/mol. The van der Waals surface area contributed by atoms with Crippen molar-refractivity contribution >= 4 is 22.6 Å². The maximum atomic E-state index is 12.1. The minimum absolute atomic E-state index is 0.0144. The summed E-state index contributed by atoms with van der Waals surface area (Å²) < 4.78 is 11.2. The molecular formula is C20H20N2O3. The molecule has 1 aliphatic rings. The fraction of sp³-hybridized carbons (Fsp3) is 0.250. The van der Waals surface area contributed by atoms with Crippen LogP contribution in [0.1, 0.15) is 6.42 Å². The molecule has 5 heteroatoms. The van der Waals surface area contributed by atoms with Gasteiger partial charge >= 0.3 is 0 Å². The average molecular weight is 336 g/mol. The topological polar surface area (TPSA) is 63.5 Å². The van der Waals surface area contributed by atoms with Crippen LogP contribution in [0.15, 0.2) is 59.0 Å². The number of anilines is 1. The maximum absolute atomic E-state index is 12.1. The fourth-order valence-electron chi connectivity index (χ4n) is 3.03. The van der Waals surface area contributed by atoms with Gasteiger partial charge in [0.15, 0.2) is 0 Å². The first-order valence-corrected chi connectivity index (χ1v) is 8.48. The first kappa shape index (κ1) is 15.9. The van der Waals surface area contributed by atoms with Crippen LogP contribution in [-0.4, -0.2) is 31.7 Å². The molecule has 3 aromatic rings. The lowest BCUT2D eigenvalue weighted by atomic mass is 10.1. The summed E-state index contributed by atoms with van der Waals surface area (Å²) in [5.41, 5.74) is 2.63. The van der Waals surface area contributed by atoms with Gasteiger partial charge in [0.05, 0.1) is 13.2 Å². The van der Waals surface area contributed by atoms with Gasteiger partial charge in [-0.1, -0.05) is 18.2 Å². The van der Waals surface area contributed by atoms with Gasteiger partial charge in [0.2, 0.25) is 5.91 Å². The second-order valence-electron chi connectivity index (χ2n) is 6.20. The highest BCUT2D eigenvalue weighted by molar-refractivity contribution is 5.91. The molecule has 4 rings (SSSR count). The fourth-order valence-corrected chi connectivity index (χ4v) is 3.03. The number of para-hydroxylation sites is 1. The van der Waals surface area contributed by atoms with E-state index in [9.17, 15) is 4.79 Å². The van der Waals surface area contributed by atoms with E-state index in [4.69, 9.17) is 9.15 Å². The molecule has 25 heavy (non-hydrogen) atoms. The minimum atomic E-state index is -0.0144.